The van der Waals surface area contributed by atoms with Gasteiger partial charge < -0.3 is 15.2 Å². The van der Waals surface area contributed by atoms with Crippen LogP contribution in [0, 0.1) is 0 Å². The molecule has 0 saturated heterocycles. The maximum Gasteiger partial charge on any atom is 0.236 e. The minimum Gasteiger partial charge on any atom is -0.326 e. The maximum absolute atomic E-state index is 12.4. The topological polar surface area (TPSA) is 102 Å². The average Bonchev–Trinajstić information content (AvgIpc) is 3.35. The molecule has 2 N–H and O–H groups in total. The molecule has 0 saturated carbocycles. The van der Waals surface area contributed by atoms with E-state index < -0.39 is 0 Å². The second kappa shape index (κ2) is 9.71. The van der Waals surface area contributed by atoms with Gasteiger partial charge in [0.25, 0.3) is 0 Å². The number of anilines is 2. The van der Waals surface area contributed by atoms with Crippen LogP contribution in [0.15, 0.2) is 59.8 Å². The zero-order valence-corrected chi connectivity index (χ0v) is 18.4. The van der Waals surface area contributed by atoms with Crippen molar-refractivity contribution in [3.05, 3.63) is 60.4 Å². The van der Waals surface area contributed by atoms with Gasteiger partial charge in [0.1, 0.15) is 5.82 Å². The first-order chi connectivity index (χ1) is 15.1. The minimum atomic E-state index is -0.168. The van der Waals surface area contributed by atoms with E-state index in [0.717, 1.165) is 15.9 Å². The summed E-state index contributed by atoms with van der Waals surface area (Å²) in [7, 11) is 0. The normalized spacial score (nSPS) is 10.9. The molecule has 158 valence electrons. The summed E-state index contributed by atoms with van der Waals surface area (Å²) in [5, 5.41) is 15.2. The number of aromatic nitrogens is 4. The molecule has 2 aromatic carbocycles. The van der Waals surface area contributed by atoms with Crippen LogP contribution < -0.4 is 10.6 Å². The molecule has 0 atom stereocenters. The molecule has 0 aliphatic carbocycles. The molecule has 8 nitrogen and oxygen atoms in total. The summed E-state index contributed by atoms with van der Waals surface area (Å²) in [4.78, 5) is 29.1. The van der Waals surface area contributed by atoms with E-state index in [2.05, 4.69) is 25.8 Å². The van der Waals surface area contributed by atoms with Crippen LogP contribution in [0.4, 0.5) is 10.8 Å². The van der Waals surface area contributed by atoms with Gasteiger partial charge >= 0.3 is 0 Å². The van der Waals surface area contributed by atoms with Crippen LogP contribution in [-0.4, -0.2) is 37.3 Å². The maximum atomic E-state index is 12.4. The Labute approximate surface area is 187 Å². The molecule has 0 fully saturated rings. The molecular formula is C21H20N6O2S2. The third-order valence-corrected chi connectivity index (χ3v) is 6.28. The molecule has 0 aliphatic rings. The third-order valence-electron chi connectivity index (χ3n) is 4.36. The van der Waals surface area contributed by atoms with Gasteiger partial charge in [-0.15, -0.1) is 10.2 Å². The van der Waals surface area contributed by atoms with Crippen LogP contribution in [0.5, 0.6) is 0 Å². The fraction of sp³-hybridized carbons (Fsp3) is 0.190. The van der Waals surface area contributed by atoms with Gasteiger partial charge in [-0.2, -0.15) is 0 Å². The van der Waals surface area contributed by atoms with Crippen LogP contribution in [0.2, 0.25) is 0 Å². The fourth-order valence-corrected chi connectivity index (χ4v) is 4.66. The Hall–Kier alpha value is -3.24. The number of nitrogens with zero attached hydrogens (tertiary/aromatic N) is 4. The number of carbonyl (C=O) groups excluding carboxylic acids is 2. The Kier molecular flexibility index (Phi) is 6.58. The van der Waals surface area contributed by atoms with E-state index in [1.165, 1.54) is 23.1 Å². The molecule has 2 amide bonds. The third kappa shape index (κ3) is 5.28. The number of para-hydroxylation sites is 2. The highest BCUT2D eigenvalue weighted by molar-refractivity contribution is 7.99. The first-order valence-electron chi connectivity index (χ1n) is 9.67. The summed E-state index contributed by atoms with van der Waals surface area (Å²) in [6, 6.07) is 17.0. The second-order valence-corrected chi connectivity index (χ2v) is 8.53. The van der Waals surface area contributed by atoms with Crippen LogP contribution in [0.1, 0.15) is 12.7 Å². The molecule has 4 aromatic rings. The molecule has 0 aliphatic heterocycles. The van der Waals surface area contributed by atoms with Gasteiger partial charge in [-0.3, -0.25) is 9.59 Å². The fourth-order valence-electron chi connectivity index (χ4n) is 2.96. The quantitative estimate of drug-likeness (QED) is 0.394. The van der Waals surface area contributed by atoms with Crippen molar-refractivity contribution in [1.29, 1.82) is 0 Å². The summed E-state index contributed by atoms with van der Waals surface area (Å²) < 4.78 is 2.87. The van der Waals surface area contributed by atoms with E-state index in [1.807, 2.05) is 66.1 Å². The van der Waals surface area contributed by atoms with Crippen molar-refractivity contribution in [3.8, 4) is 0 Å². The van der Waals surface area contributed by atoms with Crippen molar-refractivity contribution in [2.75, 3.05) is 16.4 Å². The van der Waals surface area contributed by atoms with Gasteiger partial charge in [0.15, 0.2) is 10.3 Å². The minimum absolute atomic E-state index is 0.105. The summed E-state index contributed by atoms with van der Waals surface area (Å²) in [5.74, 6) is 0.395. The highest BCUT2D eigenvalue weighted by Crippen LogP contribution is 2.26. The van der Waals surface area contributed by atoms with Crippen LogP contribution in [0.3, 0.4) is 0 Å². The van der Waals surface area contributed by atoms with Gasteiger partial charge in [0, 0.05) is 12.2 Å². The lowest BCUT2D eigenvalue weighted by molar-refractivity contribution is -0.116. The highest BCUT2D eigenvalue weighted by atomic mass is 32.2. The van der Waals surface area contributed by atoms with Crippen LogP contribution in [-0.2, 0) is 22.6 Å². The van der Waals surface area contributed by atoms with E-state index in [-0.39, 0.29) is 24.0 Å². The predicted molar refractivity (Wildman–Crippen MR) is 123 cm³/mol. The number of hydrogen-bond acceptors (Lipinski definition) is 7. The Bertz CT molecular complexity index is 1170. The molecule has 2 heterocycles. The standard InChI is InChI=1S/C21H20N6O2S2/c1-2-27-17(12-18(28)22-14-8-4-3-5-9-14)25-26-21(27)30-13-19(29)24-20-23-15-10-6-7-11-16(15)31-20/h3-11H,2,12-13H2,1H3,(H,22,28)(H,23,24,29). The summed E-state index contributed by atoms with van der Waals surface area (Å²) in [6.45, 7) is 2.55. The monoisotopic (exact) mass is 452 g/mol. The molecular weight excluding hydrogens is 432 g/mol. The van der Waals surface area contributed by atoms with E-state index in [1.54, 1.807) is 0 Å². The van der Waals surface area contributed by atoms with Crippen LogP contribution >= 0.6 is 23.1 Å². The Morgan fingerprint density at radius 1 is 1.00 bits per heavy atom. The molecule has 0 unspecified atom stereocenters. The number of nitrogens with one attached hydrogen (secondary N) is 2. The molecule has 0 bridgehead atoms. The smallest absolute Gasteiger partial charge is 0.236 e. The van der Waals surface area contributed by atoms with Gasteiger partial charge in [0.2, 0.25) is 11.8 Å². The summed E-state index contributed by atoms with van der Waals surface area (Å²) in [5.41, 5.74) is 1.59. The molecule has 10 heteroatoms. The zero-order valence-electron chi connectivity index (χ0n) is 16.7. The Balaban J connectivity index is 1.34. The summed E-state index contributed by atoms with van der Waals surface area (Å²) >= 11 is 2.72. The second-order valence-electron chi connectivity index (χ2n) is 6.56. The zero-order chi connectivity index (χ0) is 21.6. The molecule has 0 spiro atoms. The van der Waals surface area contributed by atoms with Gasteiger partial charge in [0.05, 0.1) is 22.4 Å². The Morgan fingerprint density at radius 3 is 2.55 bits per heavy atom. The lowest BCUT2D eigenvalue weighted by Gasteiger charge is -2.08. The molecule has 4 rings (SSSR count). The van der Waals surface area contributed by atoms with Crippen molar-refractivity contribution in [2.24, 2.45) is 0 Å². The van der Waals surface area contributed by atoms with E-state index in [0.29, 0.717) is 22.7 Å². The number of amides is 2. The van der Waals surface area contributed by atoms with E-state index in [9.17, 15) is 9.59 Å². The average molecular weight is 453 g/mol. The van der Waals surface area contributed by atoms with E-state index in [4.69, 9.17) is 0 Å². The molecule has 31 heavy (non-hydrogen) atoms. The molecule has 0 radical (unpaired) electrons. The number of fused-ring (bicyclic) bond motifs is 1. The van der Waals surface area contributed by atoms with Crippen molar-refractivity contribution in [2.45, 2.75) is 25.0 Å². The number of benzene rings is 2. The summed E-state index contributed by atoms with van der Waals surface area (Å²) in [6.07, 6.45) is 0.105. The number of carbonyl (C=O) groups is 2. The van der Waals surface area contributed by atoms with Gasteiger partial charge in [-0.05, 0) is 31.2 Å². The Morgan fingerprint density at radius 2 is 1.77 bits per heavy atom. The van der Waals surface area contributed by atoms with Crippen molar-refractivity contribution in [1.82, 2.24) is 19.7 Å². The number of rotatable bonds is 8. The number of hydrogen-bond donors (Lipinski definition) is 2. The predicted octanol–water partition coefficient (Wildman–Crippen LogP) is 3.82. The first-order valence-corrected chi connectivity index (χ1v) is 11.5. The van der Waals surface area contributed by atoms with E-state index >= 15 is 0 Å². The van der Waals surface area contributed by atoms with Crippen molar-refractivity contribution >= 4 is 55.9 Å². The van der Waals surface area contributed by atoms with Crippen molar-refractivity contribution < 1.29 is 9.59 Å². The largest absolute Gasteiger partial charge is 0.326 e. The van der Waals surface area contributed by atoms with Crippen molar-refractivity contribution in [3.63, 3.8) is 0 Å². The van der Waals surface area contributed by atoms with Gasteiger partial charge in [-0.1, -0.05) is 53.4 Å². The number of thiazole rings is 1. The van der Waals surface area contributed by atoms with Gasteiger partial charge in [-0.25, -0.2) is 4.98 Å². The number of thioether (sulfide) groups is 1. The molecule has 2 aromatic heterocycles. The van der Waals surface area contributed by atoms with Crippen LogP contribution in [0.25, 0.3) is 10.2 Å². The lowest BCUT2D eigenvalue weighted by atomic mass is 10.3. The first kappa shape index (κ1) is 21.0. The lowest BCUT2D eigenvalue weighted by Crippen LogP contribution is -2.18. The highest BCUT2D eigenvalue weighted by Gasteiger charge is 2.16. The SMILES string of the molecule is CCn1c(CC(=O)Nc2ccccc2)nnc1SCC(=O)Nc1nc2ccccc2s1.